The first-order valence-corrected chi connectivity index (χ1v) is 6.90. The zero-order valence-corrected chi connectivity index (χ0v) is 11.2. The Labute approximate surface area is 114 Å². The molecule has 0 aliphatic rings. The highest BCUT2D eigenvalue weighted by Crippen LogP contribution is 2.36. The number of alkyl halides is 3. The Bertz CT molecular complexity index is 520. The van der Waals surface area contributed by atoms with Crippen LogP contribution in [0.3, 0.4) is 0 Å². The number of hydrogen-bond donors (Lipinski definition) is 1. The van der Waals surface area contributed by atoms with Gasteiger partial charge in [0.1, 0.15) is 0 Å². The van der Waals surface area contributed by atoms with Crippen molar-refractivity contribution in [3.8, 4) is 0 Å². The molecule has 0 bridgehead atoms. The lowest BCUT2D eigenvalue weighted by molar-refractivity contribution is -0.138. The van der Waals surface area contributed by atoms with Gasteiger partial charge in [-0.05, 0) is 40.6 Å². The fourth-order valence-corrected chi connectivity index (χ4v) is 2.74. The van der Waals surface area contributed by atoms with Crippen LogP contribution in [0.4, 0.5) is 13.2 Å². The quantitative estimate of drug-likeness (QED) is 0.874. The molecule has 0 saturated carbocycles. The normalized spacial score (nSPS) is 13.5. The first-order chi connectivity index (χ1) is 9.04. The number of thiophene rings is 1. The zero-order valence-electron chi connectivity index (χ0n) is 10.4. The van der Waals surface area contributed by atoms with Crippen LogP contribution in [0, 0.1) is 0 Å². The van der Waals surface area contributed by atoms with Crippen LogP contribution < -0.4 is 5.32 Å². The molecule has 1 atom stereocenters. The molecule has 0 aliphatic heterocycles. The molecular formula is C14H14F3NS. The topological polar surface area (TPSA) is 12.0 Å². The Balaban J connectivity index is 2.48. The second-order valence-corrected chi connectivity index (χ2v) is 4.91. The molecule has 1 nitrogen and oxygen atoms in total. The molecule has 0 spiro atoms. The van der Waals surface area contributed by atoms with Gasteiger partial charge in [-0.1, -0.05) is 25.1 Å². The molecule has 0 radical (unpaired) electrons. The van der Waals surface area contributed by atoms with E-state index < -0.39 is 17.8 Å². The van der Waals surface area contributed by atoms with Crippen molar-refractivity contribution in [1.82, 2.24) is 5.32 Å². The van der Waals surface area contributed by atoms with Crippen LogP contribution in [0.15, 0.2) is 41.1 Å². The van der Waals surface area contributed by atoms with Gasteiger partial charge in [-0.25, -0.2) is 0 Å². The summed E-state index contributed by atoms with van der Waals surface area (Å²) < 4.78 is 39.2. The molecule has 1 heterocycles. The van der Waals surface area contributed by atoms with E-state index in [4.69, 9.17) is 0 Å². The highest BCUT2D eigenvalue weighted by Gasteiger charge is 2.35. The molecule has 1 aromatic carbocycles. The summed E-state index contributed by atoms with van der Waals surface area (Å²) in [7, 11) is 0. The van der Waals surface area contributed by atoms with Crippen LogP contribution in [0.5, 0.6) is 0 Å². The Hall–Kier alpha value is -1.33. The highest BCUT2D eigenvalue weighted by molar-refractivity contribution is 7.08. The van der Waals surface area contributed by atoms with E-state index in [2.05, 4.69) is 5.32 Å². The molecule has 2 aromatic rings. The average molecular weight is 285 g/mol. The molecular weight excluding hydrogens is 271 g/mol. The predicted octanol–water partition coefficient (Wildman–Crippen LogP) is 4.47. The molecule has 19 heavy (non-hydrogen) atoms. The van der Waals surface area contributed by atoms with Crippen LogP contribution in [-0.4, -0.2) is 6.54 Å². The average Bonchev–Trinajstić information content (AvgIpc) is 2.88. The first-order valence-electron chi connectivity index (χ1n) is 5.95. The Kier molecular flexibility index (Phi) is 4.27. The van der Waals surface area contributed by atoms with E-state index in [0.29, 0.717) is 6.54 Å². The van der Waals surface area contributed by atoms with E-state index in [1.54, 1.807) is 6.07 Å². The van der Waals surface area contributed by atoms with Crippen molar-refractivity contribution in [2.45, 2.75) is 19.1 Å². The number of benzene rings is 1. The summed E-state index contributed by atoms with van der Waals surface area (Å²) in [5.41, 5.74) is 0.561. The van der Waals surface area contributed by atoms with Gasteiger partial charge >= 0.3 is 6.18 Å². The molecule has 102 valence electrons. The SMILES string of the molecule is CCNC(c1ccsc1)c1ccccc1C(F)(F)F. The van der Waals surface area contributed by atoms with Gasteiger partial charge in [-0.15, -0.1) is 0 Å². The summed E-state index contributed by atoms with van der Waals surface area (Å²) in [5, 5.41) is 6.87. The van der Waals surface area contributed by atoms with Crippen LogP contribution in [0.1, 0.15) is 29.7 Å². The lowest BCUT2D eigenvalue weighted by Gasteiger charge is -2.21. The zero-order chi connectivity index (χ0) is 13.9. The summed E-state index contributed by atoms with van der Waals surface area (Å²) in [6.45, 7) is 2.49. The largest absolute Gasteiger partial charge is 0.416 e. The maximum absolute atomic E-state index is 13.1. The molecule has 0 amide bonds. The third-order valence-electron chi connectivity index (χ3n) is 2.86. The van der Waals surface area contributed by atoms with E-state index >= 15 is 0 Å². The van der Waals surface area contributed by atoms with E-state index in [1.165, 1.54) is 23.5 Å². The third kappa shape index (κ3) is 3.16. The third-order valence-corrected chi connectivity index (χ3v) is 3.56. The summed E-state index contributed by atoms with van der Waals surface area (Å²) in [6, 6.07) is 7.16. The molecule has 1 unspecified atom stereocenters. The summed E-state index contributed by atoms with van der Waals surface area (Å²) in [5.74, 6) is 0. The summed E-state index contributed by atoms with van der Waals surface area (Å²) in [6.07, 6.45) is -4.33. The molecule has 1 aromatic heterocycles. The van der Waals surface area contributed by atoms with Gasteiger partial charge in [-0.2, -0.15) is 24.5 Å². The minimum Gasteiger partial charge on any atom is -0.306 e. The van der Waals surface area contributed by atoms with Crippen molar-refractivity contribution in [2.24, 2.45) is 0 Å². The van der Waals surface area contributed by atoms with Crippen molar-refractivity contribution < 1.29 is 13.2 Å². The second-order valence-electron chi connectivity index (χ2n) is 4.13. The van der Waals surface area contributed by atoms with Gasteiger partial charge in [0, 0.05) is 0 Å². The van der Waals surface area contributed by atoms with Crippen molar-refractivity contribution in [1.29, 1.82) is 0 Å². The van der Waals surface area contributed by atoms with Crippen molar-refractivity contribution >= 4 is 11.3 Å². The first kappa shape index (κ1) is 14.1. The van der Waals surface area contributed by atoms with Crippen LogP contribution >= 0.6 is 11.3 Å². The second kappa shape index (κ2) is 5.75. The van der Waals surface area contributed by atoms with Gasteiger partial charge in [0.25, 0.3) is 0 Å². The molecule has 1 N–H and O–H groups in total. The minimum atomic E-state index is -4.33. The van der Waals surface area contributed by atoms with Crippen molar-refractivity contribution in [3.05, 3.63) is 57.8 Å². The maximum Gasteiger partial charge on any atom is 0.416 e. The lowest BCUT2D eigenvalue weighted by atomic mass is 9.96. The summed E-state index contributed by atoms with van der Waals surface area (Å²) in [4.78, 5) is 0. The van der Waals surface area contributed by atoms with Crippen molar-refractivity contribution in [2.75, 3.05) is 6.54 Å². The van der Waals surface area contributed by atoms with Gasteiger partial charge in [0.15, 0.2) is 0 Å². The lowest BCUT2D eigenvalue weighted by Crippen LogP contribution is -2.24. The highest BCUT2D eigenvalue weighted by atomic mass is 32.1. The van der Waals surface area contributed by atoms with E-state index in [-0.39, 0.29) is 5.56 Å². The van der Waals surface area contributed by atoms with Gasteiger partial charge in [0.2, 0.25) is 0 Å². The number of nitrogens with one attached hydrogen (secondary N) is 1. The summed E-state index contributed by atoms with van der Waals surface area (Å²) >= 11 is 1.48. The maximum atomic E-state index is 13.1. The smallest absolute Gasteiger partial charge is 0.306 e. The predicted molar refractivity (Wildman–Crippen MR) is 71.3 cm³/mol. The van der Waals surface area contributed by atoms with E-state index in [9.17, 15) is 13.2 Å². The van der Waals surface area contributed by atoms with Gasteiger partial charge < -0.3 is 5.32 Å². The van der Waals surface area contributed by atoms with Gasteiger partial charge in [-0.3, -0.25) is 0 Å². The molecule has 0 fully saturated rings. The fraction of sp³-hybridized carbons (Fsp3) is 0.286. The fourth-order valence-electron chi connectivity index (χ4n) is 2.06. The Morgan fingerprint density at radius 3 is 2.53 bits per heavy atom. The Morgan fingerprint density at radius 2 is 1.95 bits per heavy atom. The number of halogens is 3. The molecule has 2 rings (SSSR count). The van der Waals surface area contributed by atoms with E-state index in [0.717, 1.165) is 11.6 Å². The molecule has 0 saturated heterocycles. The van der Waals surface area contributed by atoms with Crippen LogP contribution in [-0.2, 0) is 6.18 Å². The van der Waals surface area contributed by atoms with Gasteiger partial charge in [0.05, 0.1) is 11.6 Å². The van der Waals surface area contributed by atoms with Crippen LogP contribution in [0.2, 0.25) is 0 Å². The number of hydrogen-bond acceptors (Lipinski definition) is 2. The van der Waals surface area contributed by atoms with Crippen molar-refractivity contribution in [3.63, 3.8) is 0 Å². The van der Waals surface area contributed by atoms with Crippen LogP contribution in [0.25, 0.3) is 0 Å². The monoisotopic (exact) mass is 285 g/mol. The Morgan fingerprint density at radius 1 is 1.21 bits per heavy atom. The van der Waals surface area contributed by atoms with E-state index in [1.807, 2.05) is 23.8 Å². The standard InChI is InChI=1S/C14H14F3NS/c1-2-18-13(10-7-8-19-9-10)11-5-3-4-6-12(11)14(15,16)17/h3-9,13,18H,2H2,1H3. The molecule has 5 heteroatoms. The number of rotatable bonds is 4. The molecule has 0 aliphatic carbocycles. The minimum absolute atomic E-state index is 0.273.